The minimum absolute atomic E-state index is 0.00410. The summed E-state index contributed by atoms with van der Waals surface area (Å²) in [4.78, 5) is 24.8. The topological polar surface area (TPSA) is 107 Å². The summed E-state index contributed by atoms with van der Waals surface area (Å²) in [5.41, 5.74) is 6.25. The molecule has 1 aromatic carbocycles. The second-order valence-corrected chi connectivity index (χ2v) is 6.79. The van der Waals surface area contributed by atoms with Crippen LogP contribution in [0, 0.1) is 10.1 Å². The number of primary amides is 1. The van der Waals surface area contributed by atoms with Crippen LogP contribution in [0.4, 0.5) is 5.69 Å². The summed E-state index contributed by atoms with van der Waals surface area (Å²) in [6.45, 7) is 0. The third-order valence-electron chi connectivity index (χ3n) is 5.55. The Kier molecular flexibility index (Phi) is 3.31. The van der Waals surface area contributed by atoms with Gasteiger partial charge in [-0.05, 0) is 38.8 Å². The van der Waals surface area contributed by atoms with Crippen molar-refractivity contribution < 1.29 is 9.72 Å². The number of aromatic nitrogens is 2. The molecule has 24 heavy (non-hydrogen) atoms. The van der Waals surface area contributed by atoms with Crippen molar-refractivity contribution in [2.75, 3.05) is 7.05 Å². The molecular weight excluding hydrogens is 310 g/mol. The van der Waals surface area contributed by atoms with Gasteiger partial charge in [-0.15, -0.1) is 0 Å². The number of nitrogens with zero attached hydrogens (tertiary/aromatic N) is 4. The van der Waals surface area contributed by atoms with Crippen LogP contribution in [-0.2, 0) is 0 Å². The molecule has 2 aliphatic heterocycles. The summed E-state index contributed by atoms with van der Waals surface area (Å²) < 4.78 is 1.79. The molecule has 2 atom stereocenters. The number of nitro benzene ring substituents is 1. The highest BCUT2D eigenvalue weighted by Crippen LogP contribution is 2.41. The average Bonchev–Trinajstić information content (AvgIpc) is 3.00. The van der Waals surface area contributed by atoms with Crippen molar-refractivity contribution in [2.24, 2.45) is 5.73 Å². The van der Waals surface area contributed by atoms with E-state index in [1.54, 1.807) is 10.7 Å². The van der Waals surface area contributed by atoms with Crippen molar-refractivity contribution in [3.8, 4) is 0 Å². The minimum atomic E-state index is -0.608. The molecule has 1 amide bonds. The van der Waals surface area contributed by atoms with Crippen LogP contribution in [0.5, 0.6) is 0 Å². The second-order valence-electron chi connectivity index (χ2n) is 6.79. The number of hydrogen-bond acceptors (Lipinski definition) is 5. The fourth-order valence-electron chi connectivity index (χ4n) is 4.28. The van der Waals surface area contributed by atoms with Crippen LogP contribution in [-0.4, -0.2) is 44.6 Å². The third-order valence-corrected chi connectivity index (χ3v) is 5.55. The fourth-order valence-corrected chi connectivity index (χ4v) is 4.28. The highest BCUT2D eigenvalue weighted by molar-refractivity contribution is 6.04. The minimum Gasteiger partial charge on any atom is -0.364 e. The number of non-ortho nitro benzene ring substituents is 1. The SMILES string of the molecule is CN1C2CCC1CC(n1nc(C(N)=O)c3ccc([N+](=O)[O-])cc31)C2. The molecule has 8 nitrogen and oxygen atoms in total. The monoisotopic (exact) mass is 329 g/mol. The van der Waals surface area contributed by atoms with Crippen LogP contribution < -0.4 is 5.73 Å². The first-order valence-corrected chi connectivity index (χ1v) is 8.14. The first kappa shape index (κ1) is 15.1. The van der Waals surface area contributed by atoms with E-state index in [1.165, 1.54) is 25.0 Å². The number of carbonyl (C=O) groups excluding carboxylic acids is 1. The van der Waals surface area contributed by atoms with Gasteiger partial charge in [-0.2, -0.15) is 5.10 Å². The summed E-state index contributed by atoms with van der Waals surface area (Å²) in [5.74, 6) is -0.608. The molecule has 4 rings (SSSR count). The Bertz CT molecular complexity index is 832. The van der Waals surface area contributed by atoms with Gasteiger partial charge in [-0.1, -0.05) is 0 Å². The van der Waals surface area contributed by atoms with Gasteiger partial charge in [0.15, 0.2) is 5.69 Å². The molecular formula is C16H19N5O3. The Hall–Kier alpha value is -2.48. The van der Waals surface area contributed by atoms with Crippen molar-refractivity contribution in [3.63, 3.8) is 0 Å². The Labute approximate surface area is 138 Å². The van der Waals surface area contributed by atoms with Crippen molar-refractivity contribution in [3.05, 3.63) is 34.0 Å². The Morgan fingerprint density at radius 3 is 2.54 bits per heavy atom. The van der Waals surface area contributed by atoms with Gasteiger partial charge in [0.2, 0.25) is 0 Å². The molecule has 2 unspecified atom stereocenters. The highest BCUT2D eigenvalue weighted by atomic mass is 16.6. The highest BCUT2D eigenvalue weighted by Gasteiger charge is 2.40. The molecule has 2 aliphatic rings. The van der Waals surface area contributed by atoms with Gasteiger partial charge < -0.3 is 10.6 Å². The quantitative estimate of drug-likeness (QED) is 0.683. The van der Waals surface area contributed by atoms with Crippen molar-refractivity contribution in [2.45, 2.75) is 43.8 Å². The van der Waals surface area contributed by atoms with Gasteiger partial charge in [-0.3, -0.25) is 19.6 Å². The van der Waals surface area contributed by atoms with E-state index in [0.29, 0.717) is 23.0 Å². The van der Waals surface area contributed by atoms with Gasteiger partial charge in [0.05, 0.1) is 16.5 Å². The largest absolute Gasteiger partial charge is 0.364 e. The van der Waals surface area contributed by atoms with Gasteiger partial charge in [0.25, 0.3) is 11.6 Å². The molecule has 2 aromatic rings. The molecule has 0 radical (unpaired) electrons. The Balaban J connectivity index is 1.83. The zero-order chi connectivity index (χ0) is 17.0. The number of fused-ring (bicyclic) bond motifs is 3. The van der Waals surface area contributed by atoms with E-state index in [-0.39, 0.29) is 17.4 Å². The smallest absolute Gasteiger partial charge is 0.271 e. The molecule has 0 saturated carbocycles. The van der Waals surface area contributed by atoms with Crippen molar-refractivity contribution >= 4 is 22.5 Å². The van der Waals surface area contributed by atoms with Crippen LogP contribution in [0.3, 0.4) is 0 Å². The van der Waals surface area contributed by atoms with Crippen LogP contribution in [0.25, 0.3) is 10.9 Å². The molecule has 8 heteroatoms. The number of piperidine rings is 1. The number of carbonyl (C=O) groups is 1. The first-order chi connectivity index (χ1) is 11.5. The number of nitrogens with two attached hydrogens (primary N) is 1. The lowest BCUT2D eigenvalue weighted by molar-refractivity contribution is -0.384. The van der Waals surface area contributed by atoms with E-state index in [0.717, 1.165) is 12.8 Å². The van der Waals surface area contributed by atoms with Gasteiger partial charge in [0.1, 0.15) is 0 Å². The van der Waals surface area contributed by atoms with E-state index in [9.17, 15) is 14.9 Å². The average molecular weight is 329 g/mol. The van der Waals surface area contributed by atoms with Crippen molar-refractivity contribution in [1.29, 1.82) is 0 Å². The summed E-state index contributed by atoms with van der Waals surface area (Å²) in [6, 6.07) is 5.60. The summed E-state index contributed by atoms with van der Waals surface area (Å²) in [5, 5.41) is 16.1. The predicted octanol–water partition coefficient (Wildman–Crippen LogP) is 1.84. The zero-order valence-electron chi connectivity index (χ0n) is 13.4. The molecule has 1 aromatic heterocycles. The second kappa shape index (κ2) is 5.27. The lowest BCUT2D eigenvalue weighted by Gasteiger charge is -2.36. The maximum absolute atomic E-state index is 11.7. The predicted molar refractivity (Wildman–Crippen MR) is 87.7 cm³/mol. The molecule has 0 spiro atoms. The molecule has 2 N–H and O–H groups in total. The molecule has 2 bridgehead atoms. The lowest BCUT2D eigenvalue weighted by Crippen LogP contribution is -2.40. The third kappa shape index (κ3) is 2.17. The van der Waals surface area contributed by atoms with E-state index in [1.807, 2.05) is 0 Å². The van der Waals surface area contributed by atoms with Crippen LogP contribution in [0.15, 0.2) is 18.2 Å². The van der Waals surface area contributed by atoms with Gasteiger partial charge in [0, 0.05) is 29.6 Å². The fraction of sp³-hybridized carbons (Fsp3) is 0.500. The molecule has 2 saturated heterocycles. The summed E-state index contributed by atoms with van der Waals surface area (Å²) in [6.07, 6.45) is 4.20. The van der Waals surface area contributed by atoms with Crippen LogP contribution in [0.2, 0.25) is 0 Å². The maximum atomic E-state index is 11.7. The van der Waals surface area contributed by atoms with E-state index >= 15 is 0 Å². The number of hydrogen-bond donors (Lipinski definition) is 1. The molecule has 2 fully saturated rings. The zero-order valence-corrected chi connectivity index (χ0v) is 13.4. The van der Waals surface area contributed by atoms with Gasteiger partial charge >= 0.3 is 0 Å². The van der Waals surface area contributed by atoms with Crippen LogP contribution >= 0.6 is 0 Å². The maximum Gasteiger partial charge on any atom is 0.271 e. The van der Waals surface area contributed by atoms with E-state index in [4.69, 9.17) is 5.73 Å². The Morgan fingerprint density at radius 2 is 1.96 bits per heavy atom. The van der Waals surface area contributed by atoms with Gasteiger partial charge in [-0.25, -0.2) is 0 Å². The van der Waals surface area contributed by atoms with Crippen LogP contribution in [0.1, 0.15) is 42.2 Å². The summed E-state index contributed by atoms with van der Waals surface area (Å²) in [7, 11) is 2.15. The number of nitro groups is 1. The number of amides is 1. The molecule has 126 valence electrons. The normalized spacial score (nSPS) is 26.8. The molecule has 3 heterocycles. The standard InChI is InChI=1S/C16H19N5O3/c1-19-9-2-3-10(19)7-12(6-9)20-14-8-11(21(23)24)4-5-13(14)15(18-20)16(17)22/h4-5,8-10,12H,2-3,6-7H2,1H3,(H2,17,22). The summed E-state index contributed by atoms with van der Waals surface area (Å²) >= 11 is 0. The first-order valence-electron chi connectivity index (χ1n) is 8.14. The number of rotatable bonds is 3. The molecule has 0 aliphatic carbocycles. The Morgan fingerprint density at radius 1 is 1.29 bits per heavy atom. The van der Waals surface area contributed by atoms with Crippen molar-refractivity contribution in [1.82, 2.24) is 14.7 Å². The van der Waals surface area contributed by atoms with E-state index in [2.05, 4.69) is 17.0 Å². The lowest BCUT2D eigenvalue weighted by atomic mass is 9.98. The number of benzene rings is 1. The van der Waals surface area contributed by atoms with E-state index < -0.39 is 10.8 Å².